The van der Waals surface area contributed by atoms with E-state index < -0.39 is 11.7 Å². The van der Waals surface area contributed by atoms with Crippen LogP contribution in [0.3, 0.4) is 0 Å². The van der Waals surface area contributed by atoms with Crippen LogP contribution in [-0.4, -0.2) is 18.2 Å². The molecule has 2 N–H and O–H groups in total. The Balaban J connectivity index is 2.25. The first kappa shape index (κ1) is 14.7. The zero-order valence-electron chi connectivity index (χ0n) is 10.2. The molecule has 2 rings (SSSR count). The van der Waals surface area contributed by atoms with Crippen molar-refractivity contribution in [2.75, 3.05) is 13.1 Å². The Morgan fingerprint density at radius 1 is 1.26 bits per heavy atom. The minimum Gasteiger partial charge on any atom is -0.506 e. The van der Waals surface area contributed by atoms with Crippen LogP contribution in [0.5, 0.6) is 5.75 Å². The standard InChI is InChI=1S/C13H15BrF3NO/c14-11-7-10(13(15,16)17)6-9(12(11)19)5-8-1-3-18-4-2-8/h6-8,18-19H,1-5H2. The highest BCUT2D eigenvalue weighted by atomic mass is 79.9. The summed E-state index contributed by atoms with van der Waals surface area (Å²) in [6, 6.07) is 1.98. The first-order valence-corrected chi connectivity index (χ1v) is 6.96. The van der Waals surface area contributed by atoms with E-state index in [1.165, 1.54) is 0 Å². The largest absolute Gasteiger partial charge is 0.506 e. The Kier molecular flexibility index (Phi) is 4.40. The van der Waals surface area contributed by atoms with Crippen LogP contribution in [0, 0.1) is 5.92 Å². The molecule has 0 aliphatic carbocycles. The van der Waals surface area contributed by atoms with E-state index in [4.69, 9.17) is 0 Å². The lowest BCUT2D eigenvalue weighted by molar-refractivity contribution is -0.137. The summed E-state index contributed by atoms with van der Waals surface area (Å²) in [5, 5.41) is 13.1. The molecule has 1 aromatic carbocycles. The third kappa shape index (κ3) is 3.63. The van der Waals surface area contributed by atoms with Crippen molar-refractivity contribution in [3.05, 3.63) is 27.7 Å². The Labute approximate surface area is 118 Å². The average Bonchev–Trinajstić information content (AvgIpc) is 2.34. The zero-order chi connectivity index (χ0) is 14.0. The summed E-state index contributed by atoms with van der Waals surface area (Å²) in [5.74, 6) is 0.245. The van der Waals surface area contributed by atoms with Crippen LogP contribution in [0.15, 0.2) is 16.6 Å². The number of rotatable bonds is 2. The summed E-state index contributed by atoms with van der Waals surface area (Å²) in [5.41, 5.74) is -0.352. The molecule has 0 saturated carbocycles. The van der Waals surface area contributed by atoms with Gasteiger partial charge in [0.25, 0.3) is 0 Å². The number of aromatic hydroxyl groups is 1. The first-order chi connectivity index (χ1) is 8.88. The fourth-order valence-electron chi connectivity index (χ4n) is 2.37. The average molecular weight is 338 g/mol. The quantitative estimate of drug-likeness (QED) is 0.862. The maximum atomic E-state index is 12.7. The van der Waals surface area contributed by atoms with Crippen molar-refractivity contribution in [2.24, 2.45) is 5.92 Å². The normalized spacial score (nSPS) is 17.7. The molecule has 0 radical (unpaired) electrons. The number of phenolic OH excluding ortho intramolecular Hbond substituents is 1. The van der Waals surface area contributed by atoms with Gasteiger partial charge >= 0.3 is 6.18 Å². The van der Waals surface area contributed by atoms with Crippen molar-refractivity contribution < 1.29 is 18.3 Å². The van der Waals surface area contributed by atoms with E-state index in [1.807, 2.05) is 0 Å². The number of alkyl halides is 3. The van der Waals surface area contributed by atoms with Crippen LogP contribution in [-0.2, 0) is 12.6 Å². The van der Waals surface area contributed by atoms with Crippen molar-refractivity contribution in [2.45, 2.75) is 25.4 Å². The van der Waals surface area contributed by atoms with Crippen LogP contribution in [0.25, 0.3) is 0 Å². The van der Waals surface area contributed by atoms with Gasteiger partial charge in [-0.1, -0.05) is 0 Å². The molecule has 1 aromatic rings. The van der Waals surface area contributed by atoms with Gasteiger partial charge in [-0.3, -0.25) is 0 Å². The predicted molar refractivity (Wildman–Crippen MR) is 70.1 cm³/mol. The molecule has 106 valence electrons. The molecule has 19 heavy (non-hydrogen) atoms. The van der Waals surface area contributed by atoms with Gasteiger partial charge in [0.05, 0.1) is 10.0 Å². The molecule has 0 bridgehead atoms. The zero-order valence-corrected chi connectivity index (χ0v) is 11.8. The molecule has 0 unspecified atom stereocenters. The van der Waals surface area contributed by atoms with Gasteiger partial charge < -0.3 is 10.4 Å². The van der Waals surface area contributed by atoms with Gasteiger partial charge in [-0.05, 0) is 71.9 Å². The Bertz CT molecular complexity index is 456. The summed E-state index contributed by atoms with van der Waals surface area (Å²) in [6.07, 6.45) is -2.06. The van der Waals surface area contributed by atoms with Crippen LogP contribution >= 0.6 is 15.9 Å². The minimum atomic E-state index is -4.39. The highest BCUT2D eigenvalue weighted by Gasteiger charge is 2.32. The molecule has 1 aliphatic heterocycles. The van der Waals surface area contributed by atoms with Crippen molar-refractivity contribution >= 4 is 15.9 Å². The molecule has 6 heteroatoms. The van der Waals surface area contributed by atoms with Crippen molar-refractivity contribution in [3.8, 4) is 5.75 Å². The van der Waals surface area contributed by atoms with E-state index in [9.17, 15) is 18.3 Å². The molecule has 0 amide bonds. The maximum absolute atomic E-state index is 12.7. The lowest BCUT2D eigenvalue weighted by atomic mass is 9.90. The summed E-state index contributed by atoms with van der Waals surface area (Å²) < 4.78 is 38.3. The van der Waals surface area contributed by atoms with Crippen LogP contribution < -0.4 is 5.32 Å². The molecule has 1 saturated heterocycles. The molecule has 1 heterocycles. The molecular formula is C13H15BrF3NO. The van der Waals surface area contributed by atoms with E-state index >= 15 is 0 Å². The fourth-order valence-corrected chi connectivity index (χ4v) is 2.87. The van der Waals surface area contributed by atoms with Crippen molar-refractivity contribution in [3.63, 3.8) is 0 Å². The van der Waals surface area contributed by atoms with E-state index in [0.29, 0.717) is 17.9 Å². The van der Waals surface area contributed by atoms with Crippen molar-refractivity contribution in [1.29, 1.82) is 0 Å². The van der Waals surface area contributed by atoms with E-state index in [0.717, 1.165) is 38.1 Å². The smallest absolute Gasteiger partial charge is 0.416 e. The molecule has 1 aliphatic rings. The molecule has 0 atom stereocenters. The first-order valence-electron chi connectivity index (χ1n) is 6.17. The van der Waals surface area contributed by atoms with Crippen molar-refractivity contribution in [1.82, 2.24) is 5.32 Å². The summed E-state index contributed by atoms with van der Waals surface area (Å²) in [4.78, 5) is 0. The van der Waals surface area contributed by atoms with E-state index in [1.54, 1.807) is 0 Å². The third-order valence-electron chi connectivity index (χ3n) is 3.44. The fraction of sp³-hybridized carbons (Fsp3) is 0.538. The number of benzene rings is 1. The van der Waals surface area contributed by atoms with E-state index in [-0.39, 0.29) is 10.2 Å². The Hall–Kier alpha value is -0.750. The SMILES string of the molecule is Oc1c(Br)cc(C(F)(F)F)cc1CC1CCNCC1. The number of phenols is 1. The maximum Gasteiger partial charge on any atom is 0.416 e. The van der Waals surface area contributed by atoms with Gasteiger partial charge in [0.2, 0.25) is 0 Å². The van der Waals surface area contributed by atoms with Gasteiger partial charge in [0, 0.05) is 0 Å². The number of halogens is 4. The third-order valence-corrected chi connectivity index (χ3v) is 4.04. The monoisotopic (exact) mass is 337 g/mol. The van der Waals surface area contributed by atoms with E-state index in [2.05, 4.69) is 21.2 Å². The second kappa shape index (κ2) is 5.71. The molecular weight excluding hydrogens is 323 g/mol. The molecule has 0 aromatic heterocycles. The number of piperidine rings is 1. The highest BCUT2D eigenvalue weighted by molar-refractivity contribution is 9.10. The van der Waals surface area contributed by atoms with Gasteiger partial charge in [-0.2, -0.15) is 13.2 Å². The number of nitrogens with one attached hydrogen (secondary N) is 1. The van der Waals surface area contributed by atoms with Gasteiger partial charge in [0.15, 0.2) is 0 Å². The highest BCUT2D eigenvalue weighted by Crippen LogP contribution is 2.38. The Morgan fingerprint density at radius 2 is 1.89 bits per heavy atom. The van der Waals surface area contributed by atoms with Gasteiger partial charge in [0.1, 0.15) is 5.75 Å². The second-order valence-electron chi connectivity index (χ2n) is 4.86. The van der Waals surface area contributed by atoms with Crippen LogP contribution in [0.2, 0.25) is 0 Å². The summed E-state index contributed by atoms with van der Waals surface area (Å²) in [6.45, 7) is 1.76. The molecule has 2 nitrogen and oxygen atoms in total. The Morgan fingerprint density at radius 3 is 2.47 bits per heavy atom. The predicted octanol–water partition coefficient (Wildman–Crippen LogP) is 3.72. The topological polar surface area (TPSA) is 32.3 Å². The summed E-state index contributed by atoms with van der Waals surface area (Å²) >= 11 is 2.99. The number of hydrogen-bond acceptors (Lipinski definition) is 2. The lowest BCUT2D eigenvalue weighted by Gasteiger charge is -2.23. The van der Waals surface area contributed by atoms with Gasteiger partial charge in [-0.25, -0.2) is 0 Å². The van der Waals surface area contributed by atoms with Gasteiger partial charge in [-0.15, -0.1) is 0 Å². The molecule has 0 spiro atoms. The second-order valence-corrected chi connectivity index (χ2v) is 5.72. The van der Waals surface area contributed by atoms with Crippen LogP contribution in [0.4, 0.5) is 13.2 Å². The minimum absolute atomic E-state index is 0.0773. The summed E-state index contributed by atoms with van der Waals surface area (Å²) in [7, 11) is 0. The lowest BCUT2D eigenvalue weighted by Crippen LogP contribution is -2.28. The van der Waals surface area contributed by atoms with Crippen LogP contribution in [0.1, 0.15) is 24.0 Å². The molecule has 1 fully saturated rings. The number of hydrogen-bond donors (Lipinski definition) is 2.